The van der Waals surface area contributed by atoms with Crippen LogP contribution in [0.15, 0.2) is 40.6 Å². The first-order valence-corrected chi connectivity index (χ1v) is 11.1. The summed E-state index contributed by atoms with van der Waals surface area (Å²) in [7, 11) is -3.50. The number of thiophene rings is 1. The number of nitrogens with one attached hydrogen (secondary N) is 1. The van der Waals surface area contributed by atoms with Gasteiger partial charge in [0.05, 0.1) is 4.92 Å². The van der Waals surface area contributed by atoms with Crippen molar-refractivity contribution < 1.29 is 18.1 Å². The van der Waals surface area contributed by atoms with Gasteiger partial charge in [-0.05, 0) is 25.0 Å². The van der Waals surface area contributed by atoms with E-state index in [4.69, 9.17) is 0 Å². The van der Waals surface area contributed by atoms with E-state index in [1.807, 2.05) is 11.0 Å². The van der Waals surface area contributed by atoms with Gasteiger partial charge in [0.15, 0.2) is 14.8 Å². The number of benzene rings is 1. The minimum absolute atomic E-state index is 0.0105. The molecule has 8 nitrogen and oxygen atoms in total. The Labute approximate surface area is 160 Å². The first-order chi connectivity index (χ1) is 12.8. The lowest BCUT2D eigenvalue weighted by Crippen LogP contribution is -2.44. The standard InChI is InChI=1S/C17H19N3O5S2/c1-27(24,25)15-11-14(20(22)23)17(26-15)19-9-7-13(8-10-19)18-16(21)12-5-3-2-4-6-12/h2-6,11,13H,7-10H2,1H3,(H,18,21). The lowest BCUT2D eigenvalue weighted by molar-refractivity contribution is -0.383. The highest BCUT2D eigenvalue weighted by atomic mass is 32.2. The van der Waals surface area contributed by atoms with E-state index in [1.165, 1.54) is 0 Å². The number of carbonyl (C=O) groups is 1. The summed E-state index contributed by atoms with van der Waals surface area (Å²) in [5, 5.41) is 14.6. The molecule has 1 amide bonds. The molecule has 2 heterocycles. The molecule has 0 spiro atoms. The predicted octanol–water partition coefficient (Wildman–Crippen LogP) is 2.46. The second-order valence-electron chi connectivity index (χ2n) is 6.39. The third kappa shape index (κ3) is 4.45. The maximum absolute atomic E-state index is 12.2. The number of anilines is 1. The molecule has 1 aliphatic heterocycles. The molecule has 0 bridgehead atoms. The molecule has 1 aliphatic rings. The Balaban J connectivity index is 1.68. The van der Waals surface area contributed by atoms with E-state index in [-0.39, 0.29) is 21.8 Å². The van der Waals surface area contributed by atoms with Gasteiger partial charge in [0.2, 0.25) is 0 Å². The van der Waals surface area contributed by atoms with Gasteiger partial charge in [0, 0.05) is 37.0 Å². The van der Waals surface area contributed by atoms with Gasteiger partial charge in [-0.3, -0.25) is 14.9 Å². The van der Waals surface area contributed by atoms with Crippen LogP contribution in [0.3, 0.4) is 0 Å². The quantitative estimate of drug-likeness (QED) is 0.600. The molecule has 0 aliphatic carbocycles. The highest BCUT2D eigenvalue weighted by molar-refractivity contribution is 7.92. The third-order valence-electron chi connectivity index (χ3n) is 4.39. The maximum Gasteiger partial charge on any atom is 0.305 e. The van der Waals surface area contributed by atoms with Crippen molar-refractivity contribution in [3.63, 3.8) is 0 Å². The smallest absolute Gasteiger partial charge is 0.305 e. The van der Waals surface area contributed by atoms with Gasteiger partial charge in [-0.15, -0.1) is 0 Å². The lowest BCUT2D eigenvalue weighted by Gasteiger charge is -2.32. The van der Waals surface area contributed by atoms with Crippen LogP contribution in [0.5, 0.6) is 0 Å². The molecule has 0 unspecified atom stereocenters. The summed E-state index contributed by atoms with van der Waals surface area (Å²) in [6, 6.07) is 10.0. The van der Waals surface area contributed by atoms with Crippen molar-refractivity contribution in [2.75, 3.05) is 24.2 Å². The predicted molar refractivity (Wildman–Crippen MR) is 103 cm³/mol. The number of hydrogen-bond donors (Lipinski definition) is 1. The average Bonchev–Trinajstić information content (AvgIpc) is 3.09. The molecule has 1 aromatic heterocycles. The van der Waals surface area contributed by atoms with Crippen LogP contribution in [0.2, 0.25) is 0 Å². The van der Waals surface area contributed by atoms with Crippen LogP contribution < -0.4 is 10.2 Å². The van der Waals surface area contributed by atoms with Gasteiger partial charge in [-0.2, -0.15) is 0 Å². The number of rotatable bonds is 5. The van der Waals surface area contributed by atoms with Crippen molar-refractivity contribution in [2.45, 2.75) is 23.1 Å². The van der Waals surface area contributed by atoms with Crippen LogP contribution in [-0.2, 0) is 9.84 Å². The van der Waals surface area contributed by atoms with Crippen LogP contribution >= 0.6 is 11.3 Å². The summed E-state index contributed by atoms with van der Waals surface area (Å²) in [5.74, 6) is -0.143. The molecule has 1 N–H and O–H groups in total. The van der Waals surface area contributed by atoms with Gasteiger partial charge >= 0.3 is 5.69 Å². The van der Waals surface area contributed by atoms with Crippen LogP contribution in [0.4, 0.5) is 10.7 Å². The Hall–Kier alpha value is -2.46. The average molecular weight is 409 g/mol. The van der Waals surface area contributed by atoms with Crippen molar-refractivity contribution in [3.8, 4) is 0 Å². The monoisotopic (exact) mass is 409 g/mol. The van der Waals surface area contributed by atoms with E-state index < -0.39 is 14.8 Å². The van der Waals surface area contributed by atoms with Gasteiger partial charge in [0.25, 0.3) is 5.91 Å². The molecule has 1 fully saturated rings. The van der Waals surface area contributed by atoms with Crippen LogP contribution in [0.25, 0.3) is 0 Å². The summed E-state index contributed by atoms with van der Waals surface area (Å²) >= 11 is 0.922. The Kier molecular flexibility index (Phi) is 5.47. The van der Waals surface area contributed by atoms with E-state index in [1.54, 1.807) is 24.3 Å². The van der Waals surface area contributed by atoms with Crippen molar-refractivity contribution in [1.29, 1.82) is 0 Å². The van der Waals surface area contributed by atoms with Crippen LogP contribution in [0, 0.1) is 10.1 Å². The largest absolute Gasteiger partial charge is 0.358 e. The Bertz CT molecular complexity index is 948. The van der Waals surface area contributed by atoms with Gasteiger partial charge < -0.3 is 10.2 Å². The Morgan fingerprint density at radius 3 is 2.44 bits per heavy atom. The number of piperidine rings is 1. The fraction of sp³-hybridized carbons (Fsp3) is 0.353. The SMILES string of the molecule is CS(=O)(=O)c1cc([N+](=O)[O-])c(N2CCC(NC(=O)c3ccccc3)CC2)s1. The number of carbonyl (C=O) groups excluding carboxylic acids is 1. The minimum Gasteiger partial charge on any atom is -0.358 e. The van der Waals surface area contributed by atoms with Crippen LogP contribution in [0.1, 0.15) is 23.2 Å². The number of sulfone groups is 1. The van der Waals surface area contributed by atoms with E-state index in [2.05, 4.69) is 5.32 Å². The molecular weight excluding hydrogens is 390 g/mol. The fourth-order valence-corrected chi connectivity index (χ4v) is 5.05. The first kappa shape index (κ1) is 19.3. The Morgan fingerprint density at radius 2 is 1.89 bits per heavy atom. The molecule has 0 radical (unpaired) electrons. The zero-order chi connectivity index (χ0) is 19.6. The molecule has 27 heavy (non-hydrogen) atoms. The van der Waals surface area contributed by atoms with Crippen molar-refractivity contribution >= 4 is 37.8 Å². The highest BCUT2D eigenvalue weighted by Crippen LogP contribution is 2.40. The molecule has 1 saturated heterocycles. The summed E-state index contributed by atoms with van der Waals surface area (Å²) in [6.07, 6.45) is 2.29. The van der Waals surface area contributed by atoms with Gasteiger partial charge in [0.1, 0.15) is 4.21 Å². The summed E-state index contributed by atoms with van der Waals surface area (Å²) in [5.41, 5.74) is 0.402. The Morgan fingerprint density at radius 1 is 1.26 bits per heavy atom. The van der Waals surface area contributed by atoms with Crippen molar-refractivity contribution in [1.82, 2.24) is 5.32 Å². The second-order valence-corrected chi connectivity index (χ2v) is 9.66. The molecule has 1 aromatic carbocycles. The highest BCUT2D eigenvalue weighted by Gasteiger charge is 2.30. The second kappa shape index (κ2) is 7.65. The van der Waals surface area contributed by atoms with Gasteiger partial charge in [-0.25, -0.2) is 8.42 Å². The van der Waals surface area contributed by atoms with E-state index >= 15 is 0 Å². The van der Waals surface area contributed by atoms with Gasteiger partial charge in [-0.1, -0.05) is 29.5 Å². The number of nitrogens with zero attached hydrogens (tertiary/aromatic N) is 2. The topological polar surface area (TPSA) is 110 Å². The van der Waals surface area contributed by atoms with Crippen molar-refractivity contribution in [3.05, 3.63) is 52.1 Å². The summed E-state index contributed by atoms with van der Waals surface area (Å²) in [4.78, 5) is 24.8. The zero-order valence-electron chi connectivity index (χ0n) is 14.6. The zero-order valence-corrected chi connectivity index (χ0v) is 16.3. The van der Waals surface area contributed by atoms with E-state index in [0.29, 0.717) is 36.5 Å². The normalized spacial score (nSPS) is 15.5. The molecule has 3 rings (SSSR count). The molecule has 0 saturated carbocycles. The lowest BCUT2D eigenvalue weighted by atomic mass is 10.0. The molecule has 10 heteroatoms. The number of amides is 1. The minimum atomic E-state index is -3.50. The first-order valence-electron chi connectivity index (χ1n) is 8.35. The number of nitro groups is 1. The third-order valence-corrected chi connectivity index (χ3v) is 7.37. The van der Waals surface area contributed by atoms with E-state index in [0.717, 1.165) is 23.7 Å². The molecule has 2 aromatic rings. The van der Waals surface area contributed by atoms with Crippen LogP contribution in [-0.4, -0.2) is 44.6 Å². The maximum atomic E-state index is 12.2. The number of hydrogen-bond acceptors (Lipinski definition) is 7. The summed E-state index contributed by atoms with van der Waals surface area (Å²) < 4.78 is 23.5. The fourth-order valence-electron chi connectivity index (χ4n) is 2.98. The summed E-state index contributed by atoms with van der Waals surface area (Å²) in [6.45, 7) is 1.01. The van der Waals surface area contributed by atoms with E-state index in [9.17, 15) is 23.3 Å². The molecule has 144 valence electrons. The molecular formula is C17H19N3O5S2. The van der Waals surface area contributed by atoms with Crippen molar-refractivity contribution in [2.24, 2.45) is 0 Å². The molecule has 0 atom stereocenters.